The lowest BCUT2D eigenvalue weighted by Gasteiger charge is -2.43. The van der Waals surface area contributed by atoms with Gasteiger partial charge in [-0.3, -0.25) is 14.1 Å². The molecule has 1 fully saturated rings. The van der Waals surface area contributed by atoms with E-state index in [0.29, 0.717) is 17.6 Å². The van der Waals surface area contributed by atoms with E-state index in [2.05, 4.69) is 14.6 Å². The topological polar surface area (TPSA) is 98.7 Å². The molecule has 1 saturated carbocycles. The van der Waals surface area contributed by atoms with E-state index < -0.39 is 11.3 Å². The number of hydrogen-bond acceptors (Lipinski definition) is 5. The molecule has 1 amide bonds. The molecule has 1 aliphatic carbocycles. The van der Waals surface area contributed by atoms with Gasteiger partial charge in [-0.25, -0.2) is 14.2 Å². The first-order valence-electron chi connectivity index (χ1n) is 9.90. The molecule has 2 heterocycles. The molecule has 0 radical (unpaired) electrons. The van der Waals surface area contributed by atoms with Crippen molar-refractivity contribution in [2.45, 2.75) is 51.1 Å². The van der Waals surface area contributed by atoms with Gasteiger partial charge in [-0.15, -0.1) is 0 Å². The molecule has 2 aliphatic rings. The van der Waals surface area contributed by atoms with Crippen LogP contribution in [-0.2, 0) is 16.1 Å². The number of rotatable bonds is 5. The Balaban J connectivity index is 1.79. The van der Waals surface area contributed by atoms with Crippen LogP contribution in [0.1, 0.15) is 39.0 Å². The highest BCUT2D eigenvalue weighted by atomic mass is 32.2. The van der Waals surface area contributed by atoms with Gasteiger partial charge in [-0.05, 0) is 31.4 Å². The predicted molar refractivity (Wildman–Crippen MR) is 114 cm³/mol. The third-order valence-corrected chi connectivity index (χ3v) is 6.15. The zero-order chi connectivity index (χ0) is 20.5. The summed E-state index contributed by atoms with van der Waals surface area (Å²) in [4.78, 5) is 26.2. The van der Waals surface area contributed by atoms with Crippen LogP contribution in [0.2, 0.25) is 0 Å². The van der Waals surface area contributed by atoms with E-state index in [9.17, 15) is 9.00 Å². The van der Waals surface area contributed by atoms with Crippen molar-refractivity contribution in [3.8, 4) is 11.4 Å². The quantitative estimate of drug-likeness (QED) is 0.728. The number of nitrogens with zero attached hydrogens (tertiary/aromatic N) is 4. The maximum absolute atomic E-state index is 13.0. The zero-order valence-electron chi connectivity index (χ0n) is 16.5. The Morgan fingerprint density at radius 2 is 2.07 bits per heavy atom. The highest BCUT2D eigenvalue weighted by molar-refractivity contribution is 7.80. The molecule has 0 bridgehead atoms. The number of nitrogens with one attached hydrogen (secondary N) is 1. The van der Waals surface area contributed by atoms with Gasteiger partial charge in [0.25, 0.3) is 11.3 Å². The van der Waals surface area contributed by atoms with Crippen LogP contribution < -0.4 is 14.5 Å². The molecule has 4 rings (SSSR count). The van der Waals surface area contributed by atoms with Crippen LogP contribution in [0.3, 0.4) is 0 Å². The summed E-state index contributed by atoms with van der Waals surface area (Å²) < 4.78 is 22.6. The molecule has 1 aromatic carbocycles. The summed E-state index contributed by atoms with van der Waals surface area (Å²) >= 11 is -2.15. The number of aromatic nitrogens is 2. The zero-order valence-corrected chi connectivity index (χ0v) is 17.4. The van der Waals surface area contributed by atoms with Gasteiger partial charge in [0.15, 0.2) is 11.6 Å². The number of benzene rings is 1. The van der Waals surface area contributed by atoms with Crippen molar-refractivity contribution < 1.29 is 13.6 Å². The molecule has 2 aromatic rings. The molecule has 2 N–H and O–H groups in total. The van der Waals surface area contributed by atoms with Crippen LogP contribution in [0.25, 0.3) is 11.4 Å². The minimum Gasteiger partial charge on any atom is -0.340 e. The lowest BCUT2D eigenvalue weighted by molar-refractivity contribution is -0.120. The molecule has 9 heteroatoms. The van der Waals surface area contributed by atoms with E-state index in [1.807, 2.05) is 13.0 Å². The van der Waals surface area contributed by atoms with Gasteiger partial charge in [0, 0.05) is 24.3 Å². The molecular formula is C20H25N5O3S. The highest BCUT2D eigenvalue weighted by Gasteiger charge is 2.41. The molecule has 8 nitrogen and oxygen atoms in total. The molecule has 0 spiro atoms. The highest BCUT2D eigenvalue weighted by Crippen LogP contribution is 2.40. The largest absolute Gasteiger partial charge is 0.340 e. The molecule has 29 heavy (non-hydrogen) atoms. The Bertz CT molecular complexity index is 947. The van der Waals surface area contributed by atoms with E-state index >= 15 is 0 Å². The average molecular weight is 416 g/mol. The second-order valence-corrected chi connectivity index (χ2v) is 8.20. The van der Waals surface area contributed by atoms with Gasteiger partial charge >= 0.3 is 0 Å². The fraction of sp³-hybridized carbons (Fsp3) is 0.450. The van der Waals surface area contributed by atoms with Crippen LogP contribution >= 0.6 is 0 Å². The summed E-state index contributed by atoms with van der Waals surface area (Å²) in [5.74, 6) is 1.40. The Kier molecular flexibility index (Phi) is 5.51. The van der Waals surface area contributed by atoms with Gasteiger partial charge in [0.2, 0.25) is 5.91 Å². The maximum Gasteiger partial charge on any atom is 0.259 e. The standard InChI is InChI=1S/C20H25N5O3S/c1-3-16-20(26)24(2)17-12-21-18(13-7-6-8-14(11-13)23-29(27)28)22-19(17)25(16)15-9-4-5-10-15/h6-8,11-12,15-16,23H,3-5,9-10H2,1-2H3,(H,27,28). The van der Waals surface area contributed by atoms with Crippen LogP contribution in [-0.4, -0.2) is 43.8 Å². The number of anilines is 3. The molecule has 1 aromatic heterocycles. The molecule has 1 aliphatic heterocycles. The summed E-state index contributed by atoms with van der Waals surface area (Å²) in [5.41, 5.74) is 1.97. The van der Waals surface area contributed by atoms with Gasteiger partial charge in [0.05, 0.1) is 6.20 Å². The van der Waals surface area contributed by atoms with E-state index in [1.54, 1.807) is 36.3 Å². The van der Waals surface area contributed by atoms with Crippen molar-refractivity contribution in [2.24, 2.45) is 0 Å². The first-order chi connectivity index (χ1) is 14.0. The first kappa shape index (κ1) is 19.8. The van der Waals surface area contributed by atoms with Gasteiger partial charge in [-0.2, -0.15) is 0 Å². The van der Waals surface area contributed by atoms with Gasteiger partial charge in [-0.1, -0.05) is 31.9 Å². The summed E-state index contributed by atoms with van der Waals surface area (Å²) in [6.07, 6.45) is 6.89. The van der Waals surface area contributed by atoms with E-state index in [0.717, 1.165) is 36.3 Å². The average Bonchev–Trinajstić information content (AvgIpc) is 3.24. The van der Waals surface area contributed by atoms with Crippen LogP contribution in [0.4, 0.5) is 17.2 Å². The molecule has 2 unspecified atom stereocenters. The minimum atomic E-state index is -2.15. The van der Waals surface area contributed by atoms with Crippen LogP contribution in [0, 0.1) is 0 Å². The first-order valence-corrected chi connectivity index (χ1v) is 11.0. The summed E-state index contributed by atoms with van der Waals surface area (Å²) in [7, 11) is 1.78. The lowest BCUT2D eigenvalue weighted by atomic mass is 10.0. The summed E-state index contributed by atoms with van der Waals surface area (Å²) in [6, 6.07) is 7.19. The fourth-order valence-corrected chi connectivity index (χ4v) is 4.67. The second kappa shape index (κ2) is 8.08. The number of fused-ring (bicyclic) bond motifs is 1. The molecule has 0 saturated heterocycles. The second-order valence-electron chi connectivity index (χ2n) is 7.50. The number of hydrogen-bond donors (Lipinski definition) is 2. The van der Waals surface area contributed by atoms with Crippen molar-refractivity contribution >= 4 is 34.4 Å². The Labute approximate surface area is 172 Å². The van der Waals surface area contributed by atoms with E-state index in [1.165, 1.54) is 12.8 Å². The predicted octanol–water partition coefficient (Wildman–Crippen LogP) is 3.20. The van der Waals surface area contributed by atoms with Crippen molar-refractivity contribution in [1.82, 2.24) is 9.97 Å². The lowest BCUT2D eigenvalue weighted by Crippen LogP contribution is -2.55. The van der Waals surface area contributed by atoms with Crippen molar-refractivity contribution in [3.05, 3.63) is 30.5 Å². The molecular weight excluding hydrogens is 390 g/mol. The van der Waals surface area contributed by atoms with Crippen LogP contribution in [0.15, 0.2) is 30.5 Å². The number of carbonyl (C=O) groups is 1. The number of likely N-dealkylation sites (N-methyl/N-ethyl adjacent to an activating group) is 1. The van der Waals surface area contributed by atoms with Crippen molar-refractivity contribution in [3.63, 3.8) is 0 Å². The minimum absolute atomic E-state index is 0.0832. The maximum atomic E-state index is 13.0. The normalized spacial score (nSPS) is 20.7. The van der Waals surface area contributed by atoms with Crippen molar-refractivity contribution in [1.29, 1.82) is 0 Å². The SMILES string of the molecule is CCC1C(=O)N(C)c2cnc(-c3cccc(NS(=O)O)c3)nc2N1C1CCCC1. The third kappa shape index (κ3) is 3.72. The Morgan fingerprint density at radius 1 is 1.31 bits per heavy atom. The van der Waals surface area contributed by atoms with E-state index in [4.69, 9.17) is 9.54 Å². The molecule has 154 valence electrons. The fourth-order valence-electron chi connectivity index (χ4n) is 4.34. The summed E-state index contributed by atoms with van der Waals surface area (Å²) in [5, 5.41) is 0. The number of carbonyl (C=O) groups excluding carboxylic acids is 1. The van der Waals surface area contributed by atoms with Crippen LogP contribution in [0.5, 0.6) is 0 Å². The third-order valence-electron chi connectivity index (χ3n) is 5.74. The van der Waals surface area contributed by atoms with Crippen molar-refractivity contribution in [2.75, 3.05) is 21.6 Å². The van der Waals surface area contributed by atoms with Gasteiger partial charge in [0.1, 0.15) is 11.7 Å². The Morgan fingerprint density at radius 3 is 2.76 bits per heavy atom. The number of amides is 1. The molecule has 2 atom stereocenters. The summed E-state index contributed by atoms with van der Waals surface area (Å²) in [6.45, 7) is 2.04. The Hall–Kier alpha value is -2.52. The smallest absolute Gasteiger partial charge is 0.259 e. The van der Waals surface area contributed by atoms with Gasteiger partial charge < -0.3 is 9.80 Å². The monoisotopic (exact) mass is 415 g/mol. The van der Waals surface area contributed by atoms with E-state index in [-0.39, 0.29) is 11.9 Å².